The number of benzene rings is 1. The first-order valence-electron chi connectivity index (χ1n) is 13.4. The monoisotopic (exact) mass is 559 g/mol. The minimum Gasteiger partial charge on any atom is -0.378 e. The molecule has 0 aliphatic carbocycles. The number of carbonyl (C=O) groups excluding carboxylic acids is 1. The Labute approximate surface area is 237 Å². The summed E-state index contributed by atoms with van der Waals surface area (Å²) in [5.74, 6) is 0.320. The third kappa shape index (κ3) is 5.60. The van der Waals surface area contributed by atoms with Crippen LogP contribution in [0.1, 0.15) is 59.2 Å². The van der Waals surface area contributed by atoms with Crippen molar-refractivity contribution in [2.45, 2.75) is 51.2 Å². The Bertz CT molecular complexity index is 1520. The van der Waals surface area contributed by atoms with E-state index in [0.29, 0.717) is 17.0 Å². The van der Waals surface area contributed by atoms with Crippen molar-refractivity contribution in [2.24, 2.45) is 7.05 Å². The predicted octanol–water partition coefficient (Wildman–Crippen LogP) is 3.85. The highest BCUT2D eigenvalue weighted by atomic mass is 32.1. The van der Waals surface area contributed by atoms with Gasteiger partial charge in [0.2, 0.25) is 11.0 Å². The van der Waals surface area contributed by atoms with Crippen molar-refractivity contribution in [3.8, 4) is 11.3 Å². The van der Waals surface area contributed by atoms with Gasteiger partial charge in [-0.15, -0.1) is 10.2 Å². The molecule has 11 nitrogen and oxygen atoms in total. The van der Waals surface area contributed by atoms with Crippen molar-refractivity contribution in [1.29, 1.82) is 0 Å². The molecule has 40 heavy (non-hydrogen) atoms. The van der Waals surface area contributed by atoms with E-state index in [1.165, 1.54) is 16.9 Å². The van der Waals surface area contributed by atoms with Crippen molar-refractivity contribution in [3.05, 3.63) is 64.0 Å². The Balaban J connectivity index is 1.28. The van der Waals surface area contributed by atoms with Crippen molar-refractivity contribution in [3.63, 3.8) is 0 Å². The standard InChI is InChI=1S/C28H33N9O2S/c1-28(2,3)26-35-34-25(40-26)24(38)32-23-8-10-37(20-15-39-16-20)13-18-11-17(5-6-21(18)23)22-7-9-29-27(33-22)31-19-12-30-36(4)14-19/h5-7,9,11-12,14,20,23H,8,10,13,15-16H2,1-4H3,(H,32,38)(H,29,31,33). The Hall–Kier alpha value is -3.74. The molecule has 0 spiro atoms. The molecule has 12 heteroatoms. The number of anilines is 2. The maximum absolute atomic E-state index is 13.3. The SMILES string of the molecule is Cn1cc(Nc2nccc(-c3ccc4c(c3)CN(C3COC3)CCC4NC(=O)c3nnc(C(C)(C)C)s3)n2)cn1. The smallest absolute Gasteiger partial charge is 0.282 e. The molecular weight excluding hydrogens is 526 g/mol. The van der Waals surface area contributed by atoms with Gasteiger partial charge in [-0.2, -0.15) is 5.10 Å². The van der Waals surface area contributed by atoms with E-state index in [9.17, 15) is 4.79 Å². The number of hydrogen-bond donors (Lipinski definition) is 2. The third-order valence-electron chi connectivity index (χ3n) is 7.21. The molecule has 1 atom stereocenters. The number of hydrogen-bond acceptors (Lipinski definition) is 10. The lowest BCUT2D eigenvalue weighted by Crippen LogP contribution is -2.48. The summed E-state index contributed by atoms with van der Waals surface area (Å²) in [6.45, 7) is 9.33. The van der Waals surface area contributed by atoms with Gasteiger partial charge >= 0.3 is 0 Å². The summed E-state index contributed by atoms with van der Waals surface area (Å²) in [7, 11) is 1.86. The van der Waals surface area contributed by atoms with Gasteiger partial charge in [0.25, 0.3) is 5.91 Å². The molecule has 0 radical (unpaired) electrons. The number of aryl methyl sites for hydroxylation is 1. The van der Waals surface area contributed by atoms with Crippen LogP contribution in [0.3, 0.4) is 0 Å². The summed E-state index contributed by atoms with van der Waals surface area (Å²) in [5.41, 5.74) is 4.76. The van der Waals surface area contributed by atoms with E-state index in [0.717, 1.165) is 60.2 Å². The molecule has 4 aromatic rings. The fourth-order valence-electron chi connectivity index (χ4n) is 4.92. The van der Waals surface area contributed by atoms with Gasteiger partial charge in [0.15, 0.2) is 0 Å². The molecule has 2 aliphatic rings. The normalized spacial score (nSPS) is 18.1. The highest BCUT2D eigenvalue weighted by Crippen LogP contribution is 2.33. The topological polar surface area (TPSA) is 123 Å². The summed E-state index contributed by atoms with van der Waals surface area (Å²) in [5, 5.41) is 20.4. The van der Waals surface area contributed by atoms with Crippen molar-refractivity contribution < 1.29 is 9.53 Å². The average Bonchev–Trinajstić information content (AvgIpc) is 3.51. The molecule has 6 rings (SSSR count). The van der Waals surface area contributed by atoms with E-state index in [-0.39, 0.29) is 17.4 Å². The summed E-state index contributed by atoms with van der Waals surface area (Å²) >= 11 is 1.36. The molecular formula is C28H33N9O2S. The number of carbonyl (C=O) groups is 1. The number of amides is 1. The van der Waals surface area contributed by atoms with E-state index in [2.05, 4.69) is 74.8 Å². The first-order chi connectivity index (χ1) is 19.2. The van der Waals surface area contributed by atoms with Crippen LogP contribution in [0.5, 0.6) is 0 Å². The summed E-state index contributed by atoms with van der Waals surface area (Å²) in [4.78, 5) is 24.9. The minimum atomic E-state index is -0.185. The second-order valence-corrected chi connectivity index (χ2v) is 12.3. The molecule has 1 unspecified atom stereocenters. The van der Waals surface area contributed by atoms with Crippen molar-refractivity contribution in [1.82, 2.24) is 40.2 Å². The molecule has 1 saturated heterocycles. The lowest BCUT2D eigenvalue weighted by Gasteiger charge is -2.36. The van der Waals surface area contributed by atoms with Gasteiger partial charge in [-0.05, 0) is 29.7 Å². The minimum absolute atomic E-state index is 0.141. The van der Waals surface area contributed by atoms with Gasteiger partial charge < -0.3 is 15.4 Å². The lowest BCUT2D eigenvalue weighted by atomic mass is 9.96. The fraction of sp³-hybridized carbons (Fsp3) is 0.429. The lowest BCUT2D eigenvalue weighted by molar-refractivity contribution is -0.0678. The number of ether oxygens (including phenoxy) is 1. The average molecular weight is 560 g/mol. The van der Waals surface area contributed by atoms with E-state index in [4.69, 9.17) is 9.72 Å². The van der Waals surface area contributed by atoms with Crippen LogP contribution in [-0.4, -0.2) is 66.6 Å². The molecule has 1 aromatic carbocycles. The van der Waals surface area contributed by atoms with Crippen LogP contribution in [0.2, 0.25) is 0 Å². The van der Waals surface area contributed by atoms with Gasteiger partial charge in [-0.25, -0.2) is 9.97 Å². The Morgan fingerprint density at radius 3 is 2.73 bits per heavy atom. The van der Waals surface area contributed by atoms with Crippen LogP contribution in [0.4, 0.5) is 11.6 Å². The second kappa shape index (κ2) is 10.7. The zero-order valence-corrected chi connectivity index (χ0v) is 23.9. The van der Waals surface area contributed by atoms with Crippen LogP contribution in [0, 0.1) is 0 Å². The predicted molar refractivity (Wildman–Crippen MR) is 152 cm³/mol. The number of aromatic nitrogens is 6. The van der Waals surface area contributed by atoms with Gasteiger partial charge in [-0.1, -0.05) is 44.2 Å². The first kappa shape index (κ1) is 26.5. The van der Waals surface area contributed by atoms with Crippen LogP contribution in [-0.2, 0) is 23.7 Å². The molecule has 0 bridgehead atoms. The van der Waals surface area contributed by atoms with Gasteiger partial charge in [0.05, 0.1) is 42.9 Å². The quantitative estimate of drug-likeness (QED) is 0.363. The maximum Gasteiger partial charge on any atom is 0.282 e. The summed E-state index contributed by atoms with van der Waals surface area (Å²) < 4.78 is 7.22. The van der Waals surface area contributed by atoms with E-state index >= 15 is 0 Å². The molecule has 2 N–H and O–H groups in total. The molecule has 1 fully saturated rings. The Morgan fingerprint density at radius 2 is 2.02 bits per heavy atom. The zero-order valence-electron chi connectivity index (χ0n) is 23.1. The molecule has 5 heterocycles. The van der Waals surface area contributed by atoms with Gasteiger partial charge in [-0.3, -0.25) is 14.4 Å². The molecule has 0 saturated carbocycles. The Morgan fingerprint density at radius 1 is 1.18 bits per heavy atom. The van der Waals surface area contributed by atoms with Gasteiger partial charge in [0.1, 0.15) is 5.01 Å². The number of rotatable bonds is 6. The van der Waals surface area contributed by atoms with Crippen molar-refractivity contribution in [2.75, 3.05) is 25.1 Å². The molecule has 1 amide bonds. The van der Waals surface area contributed by atoms with E-state index < -0.39 is 0 Å². The van der Waals surface area contributed by atoms with Crippen LogP contribution in [0.25, 0.3) is 11.3 Å². The number of fused-ring (bicyclic) bond motifs is 1. The third-order valence-corrected chi connectivity index (χ3v) is 8.56. The largest absolute Gasteiger partial charge is 0.378 e. The van der Waals surface area contributed by atoms with Crippen LogP contribution in [0.15, 0.2) is 42.9 Å². The Kier molecular flexibility index (Phi) is 7.07. The van der Waals surface area contributed by atoms with Crippen LogP contribution < -0.4 is 10.6 Å². The summed E-state index contributed by atoms with van der Waals surface area (Å²) in [6.07, 6.45) is 6.16. The second-order valence-electron chi connectivity index (χ2n) is 11.3. The van der Waals surface area contributed by atoms with Crippen molar-refractivity contribution >= 4 is 28.9 Å². The van der Waals surface area contributed by atoms with E-state index in [1.807, 2.05) is 19.3 Å². The fourth-order valence-corrected chi connectivity index (χ4v) is 5.72. The van der Waals surface area contributed by atoms with Gasteiger partial charge in [0, 0.05) is 43.5 Å². The number of nitrogens with one attached hydrogen (secondary N) is 2. The molecule has 2 aliphatic heterocycles. The highest BCUT2D eigenvalue weighted by molar-refractivity contribution is 7.13. The number of nitrogens with zero attached hydrogens (tertiary/aromatic N) is 7. The van der Waals surface area contributed by atoms with E-state index in [1.54, 1.807) is 17.1 Å². The summed E-state index contributed by atoms with van der Waals surface area (Å²) in [6, 6.07) is 8.53. The maximum atomic E-state index is 13.3. The zero-order chi connectivity index (χ0) is 27.9. The first-order valence-corrected chi connectivity index (χ1v) is 14.2. The highest BCUT2D eigenvalue weighted by Gasteiger charge is 2.32. The molecule has 3 aromatic heterocycles. The van der Waals surface area contributed by atoms with Crippen LogP contribution >= 0.6 is 11.3 Å². The molecule has 208 valence electrons.